The van der Waals surface area contributed by atoms with Crippen LogP contribution in [-0.4, -0.2) is 74.8 Å². The second-order valence-electron chi connectivity index (χ2n) is 11.3. The van der Waals surface area contributed by atoms with E-state index in [4.69, 9.17) is 16.2 Å². The number of nitrogen functional groups attached to an aromatic ring is 1. The summed E-state index contributed by atoms with van der Waals surface area (Å²) >= 11 is 0. The Morgan fingerprint density at radius 2 is 1.81 bits per heavy atom. The van der Waals surface area contributed by atoms with Crippen molar-refractivity contribution in [1.29, 1.82) is 0 Å². The number of carbonyl (C=O) groups is 2. The maximum absolute atomic E-state index is 13.1. The van der Waals surface area contributed by atoms with Crippen molar-refractivity contribution in [2.45, 2.75) is 31.5 Å². The van der Waals surface area contributed by atoms with Gasteiger partial charge in [0.15, 0.2) is 0 Å². The Kier molecular flexibility index (Phi) is 8.08. The largest absolute Gasteiger partial charge is 0.415 e. The van der Waals surface area contributed by atoms with Gasteiger partial charge >= 0.3 is 6.09 Å². The van der Waals surface area contributed by atoms with Gasteiger partial charge in [0.1, 0.15) is 11.6 Å². The van der Waals surface area contributed by atoms with Crippen LogP contribution in [0.15, 0.2) is 73.2 Å². The number of benzene rings is 2. The van der Waals surface area contributed by atoms with Crippen LogP contribution in [0.1, 0.15) is 28.8 Å². The van der Waals surface area contributed by atoms with Gasteiger partial charge in [-0.15, -0.1) is 0 Å². The highest BCUT2D eigenvalue weighted by Crippen LogP contribution is 2.26. The van der Waals surface area contributed by atoms with Gasteiger partial charge in [-0.25, -0.2) is 9.78 Å². The number of anilines is 1. The van der Waals surface area contributed by atoms with Gasteiger partial charge in [0, 0.05) is 75.4 Å². The lowest BCUT2D eigenvalue weighted by molar-refractivity contribution is 0.0937. The summed E-state index contributed by atoms with van der Waals surface area (Å²) < 4.78 is 7.40. The van der Waals surface area contributed by atoms with E-state index in [2.05, 4.69) is 44.6 Å². The molecule has 2 fully saturated rings. The number of rotatable bonds is 7. The lowest BCUT2D eigenvalue weighted by atomic mass is 10.0. The number of aromatic nitrogens is 3. The molecular formula is C32H36N8O3. The average molecular weight is 581 g/mol. The van der Waals surface area contributed by atoms with Gasteiger partial charge in [-0.05, 0) is 47.7 Å². The van der Waals surface area contributed by atoms with Crippen LogP contribution in [0.25, 0.3) is 22.3 Å². The number of carbonyl (C=O) groups excluding carboxylic acids is 2. The van der Waals surface area contributed by atoms with Gasteiger partial charge < -0.3 is 26.4 Å². The maximum atomic E-state index is 13.1. The van der Waals surface area contributed by atoms with Crippen molar-refractivity contribution in [2.75, 3.05) is 31.9 Å². The molecule has 2 aromatic carbocycles. The van der Waals surface area contributed by atoms with E-state index in [0.29, 0.717) is 25.3 Å². The van der Waals surface area contributed by atoms with Crippen molar-refractivity contribution in [2.24, 2.45) is 12.8 Å². The maximum Gasteiger partial charge on any atom is 0.415 e. The van der Waals surface area contributed by atoms with Gasteiger partial charge in [0.25, 0.3) is 5.91 Å². The van der Waals surface area contributed by atoms with E-state index < -0.39 is 6.09 Å². The van der Waals surface area contributed by atoms with E-state index in [9.17, 15) is 9.59 Å². The van der Waals surface area contributed by atoms with E-state index in [1.807, 2.05) is 31.4 Å². The normalized spacial score (nSPS) is 18.6. The molecule has 4 aromatic rings. The molecule has 0 spiro atoms. The first kappa shape index (κ1) is 28.4. The molecule has 2 amide bonds. The molecular weight excluding hydrogens is 544 g/mol. The van der Waals surface area contributed by atoms with Crippen LogP contribution in [-0.2, 0) is 13.6 Å². The summed E-state index contributed by atoms with van der Waals surface area (Å²) in [7, 11) is 1.82. The van der Waals surface area contributed by atoms with E-state index >= 15 is 0 Å². The first-order chi connectivity index (χ1) is 20.8. The molecule has 6 rings (SSSR count). The number of hydrogen-bond acceptors (Lipinski definition) is 8. The molecule has 2 aliphatic rings. The van der Waals surface area contributed by atoms with Gasteiger partial charge in [-0.1, -0.05) is 36.4 Å². The highest BCUT2D eigenvalue weighted by Gasteiger charge is 2.29. The van der Waals surface area contributed by atoms with Crippen LogP contribution < -0.4 is 21.5 Å². The summed E-state index contributed by atoms with van der Waals surface area (Å²) in [6.45, 7) is 3.67. The molecule has 222 valence electrons. The third kappa shape index (κ3) is 6.68. The highest BCUT2D eigenvalue weighted by molar-refractivity contribution is 5.99. The van der Waals surface area contributed by atoms with Crippen molar-refractivity contribution in [1.82, 2.24) is 29.9 Å². The smallest absolute Gasteiger partial charge is 0.410 e. The minimum atomic E-state index is -0.451. The number of aryl methyl sites for hydroxylation is 1. The minimum absolute atomic E-state index is 0.144. The topological polar surface area (TPSA) is 145 Å². The van der Waals surface area contributed by atoms with Crippen molar-refractivity contribution in [3.05, 3.63) is 84.3 Å². The Morgan fingerprint density at radius 1 is 0.977 bits per heavy atom. The predicted molar refractivity (Wildman–Crippen MR) is 164 cm³/mol. The van der Waals surface area contributed by atoms with Crippen LogP contribution in [0.4, 0.5) is 10.6 Å². The van der Waals surface area contributed by atoms with Gasteiger partial charge in [-0.2, -0.15) is 5.10 Å². The highest BCUT2D eigenvalue weighted by atomic mass is 16.6. The number of nitrogens with one attached hydrogen (secondary N) is 1. The molecule has 11 heteroatoms. The Hall–Kier alpha value is -4.74. The Bertz CT molecular complexity index is 1620. The van der Waals surface area contributed by atoms with Crippen LogP contribution in [0.3, 0.4) is 0 Å². The molecule has 0 unspecified atom stereocenters. The Balaban J connectivity index is 1.04. The number of amides is 2. The third-order valence-electron chi connectivity index (χ3n) is 8.02. The molecule has 5 N–H and O–H groups in total. The van der Waals surface area contributed by atoms with E-state index in [1.54, 1.807) is 34.1 Å². The van der Waals surface area contributed by atoms with Gasteiger partial charge in [-0.3, -0.25) is 14.4 Å². The predicted octanol–water partition coefficient (Wildman–Crippen LogP) is 3.27. The van der Waals surface area contributed by atoms with Crippen LogP contribution in [0.5, 0.6) is 5.75 Å². The second kappa shape index (κ2) is 12.2. The van der Waals surface area contributed by atoms with E-state index in [1.165, 1.54) is 5.56 Å². The monoisotopic (exact) mass is 580 g/mol. The summed E-state index contributed by atoms with van der Waals surface area (Å²) in [5, 5.41) is 7.16. The molecule has 0 radical (unpaired) electrons. The number of ether oxygens (including phenoxy) is 1. The molecule has 0 bridgehead atoms. The number of likely N-dealkylation sites (tertiary alicyclic amines) is 2. The molecule has 2 atom stereocenters. The molecule has 0 aliphatic carbocycles. The summed E-state index contributed by atoms with van der Waals surface area (Å²) in [5.74, 6) is 0.278. The van der Waals surface area contributed by atoms with Crippen LogP contribution in [0, 0.1) is 0 Å². The molecule has 2 aliphatic heterocycles. The number of nitrogens with two attached hydrogens (primary N) is 2. The quantitative estimate of drug-likeness (QED) is 0.302. The molecule has 43 heavy (non-hydrogen) atoms. The molecule has 2 aromatic heterocycles. The lowest BCUT2D eigenvalue weighted by Gasteiger charge is -2.17. The fourth-order valence-electron chi connectivity index (χ4n) is 5.66. The molecule has 4 heterocycles. The van der Waals surface area contributed by atoms with E-state index in [-0.39, 0.29) is 29.4 Å². The summed E-state index contributed by atoms with van der Waals surface area (Å²) in [5.41, 5.74) is 17.2. The molecule has 2 saturated heterocycles. The molecule has 11 nitrogen and oxygen atoms in total. The number of hydrogen-bond donors (Lipinski definition) is 3. The SMILES string of the molecule is Cn1cc(-c2cnc(N)c(C(=O)N[C@@H]3CCN(C(=O)Oc4cccc(-c5ccc(CN6CC[C@H](N)C6)cc5)c4)C3)c2)cn1. The van der Waals surface area contributed by atoms with Crippen LogP contribution >= 0.6 is 0 Å². The zero-order valence-electron chi connectivity index (χ0n) is 24.1. The van der Waals surface area contributed by atoms with Gasteiger partial charge in [0.2, 0.25) is 0 Å². The van der Waals surface area contributed by atoms with Crippen molar-refractivity contribution < 1.29 is 14.3 Å². The first-order valence-corrected chi connectivity index (χ1v) is 14.5. The first-order valence-electron chi connectivity index (χ1n) is 14.5. The average Bonchev–Trinajstić information content (AvgIpc) is 3.75. The second-order valence-corrected chi connectivity index (χ2v) is 11.3. The van der Waals surface area contributed by atoms with Crippen molar-refractivity contribution >= 4 is 17.8 Å². The number of nitrogens with zero attached hydrogens (tertiary/aromatic N) is 5. The standard InChI is InChI=1S/C32H36N8O3/c1-38-18-25(16-36-38)24-14-29(30(34)35-15-24)31(41)37-27-10-12-40(20-27)32(42)43-28-4-2-3-23(13-28)22-7-5-21(6-8-22)17-39-11-9-26(33)19-39/h2-8,13-16,18,26-27H,9-12,17,19-20,33H2,1H3,(H2,34,35)(H,37,41)/t26-,27+/m0/s1. The summed E-state index contributed by atoms with van der Waals surface area (Å²) in [4.78, 5) is 34.2. The number of pyridine rings is 1. The Morgan fingerprint density at radius 3 is 2.56 bits per heavy atom. The fraction of sp³-hybridized carbons (Fsp3) is 0.312. The Labute approximate surface area is 250 Å². The summed E-state index contributed by atoms with van der Waals surface area (Å²) in [6, 6.07) is 17.7. The van der Waals surface area contributed by atoms with E-state index in [0.717, 1.165) is 48.3 Å². The fourth-order valence-corrected chi connectivity index (χ4v) is 5.66. The zero-order valence-corrected chi connectivity index (χ0v) is 24.1. The lowest BCUT2D eigenvalue weighted by Crippen LogP contribution is -2.39. The summed E-state index contributed by atoms with van der Waals surface area (Å²) in [6.07, 6.45) is 6.36. The van der Waals surface area contributed by atoms with Crippen molar-refractivity contribution in [3.63, 3.8) is 0 Å². The van der Waals surface area contributed by atoms with Crippen molar-refractivity contribution in [3.8, 4) is 28.0 Å². The molecule has 0 saturated carbocycles. The zero-order chi connectivity index (χ0) is 29.9. The van der Waals surface area contributed by atoms with Crippen LogP contribution in [0.2, 0.25) is 0 Å². The third-order valence-corrected chi connectivity index (χ3v) is 8.02. The van der Waals surface area contributed by atoms with Gasteiger partial charge in [0.05, 0.1) is 11.8 Å². The minimum Gasteiger partial charge on any atom is -0.410 e.